The van der Waals surface area contributed by atoms with E-state index in [1.165, 1.54) is 18.5 Å². The SMILES string of the molecule is C=C/C=C(/CNc1cc(=O)n(O)c2ncnc(C)c12)C(=C)O. The van der Waals surface area contributed by atoms with Gasteiger partial charge in [-0.25, -0.2) is 9.97 Å². The normalized spacial score (nSPS) is 11.4. The molecule has 0 fully saturated rings. The van der Waals surface area contributed by atoms with Gasteiger partial charge in [0, 0.05) is 18.2 Å². The van der Waals surface area contributed by atoms with E-state index in [0.717, 1.165) is 0 Å². The largest absolute Gasteiger partial charge is 0.508 e. The summed E-state index contributed by atoms with van der Waals surface area (Å²) in [5, 5.41) is 22.8. The number of nitrogens with one attached hydrogen (secondary N) is 1. The number of aryl methyl sites for hydroxylation is 1. The summed E-state index contributed by atoms with van der Waals surface area (Å²) < 4.78 is 0.473. The van der Waals surface area contributed by atoms with Gasteiger partial charge in [0.2, 0.25) is 0 Å². The molecule has 0 aliphatic rings. The molecular formula is C15H16N4O3. The summed E-state index contributed by atoms with van der Waals surface area (Å²) in [6.45, 7) is 8.99. The number of allylic oxidation sites excluding steroid dienone is 2. The summed E-state index contributed by atoms with van der Waals surface area (Å²) in [4.78, 5) is 19.8. The molecule has 114 valence electrons. The van der Waals surface area contributed by atoms with Crippen molar-refractivity contribution in [3.63, 3.8) is 0 Å². The van der Waals surface area contributed by atoms with E-state index in [2.05, 4.69) is 28.4 Å². The molecule has 0 saturated heterocycles. The Balaban J connectivity index is 2.50. The zero-order valence-electron chi connectivity index (χ0n) is 12.1. The number of fused-ring (bicyclic) bond motifs is 1. The minimum absolute atomic E-state index is 0.0971. The van der Waals surface area contributed by atoms with Crippen molar-refractivity contribution >= 4 is 16.7 Å². The number of aromatic nitrogens is 3. The van der Waals surface area contributed by atoms with Crippen LogP contribution in [0.3, 0.4) is 0 Å². The molecule has 3 N–H and O–H groups in total. The van der Waals surface area contributed by atoms with Crippen molar-refractivity contribution in [1.82, 2.24) is 14.7 Å². The number of anilines is 1. The van der Waals surface area contributed by atoms with E-state index in [0.29, 0.717) is 27.1 Å². The Kier molecular flexibility index (Phi) is 4.26. The molecule has 0 unspecified atom stereocenters. The van der Waals surface area contributed by atoms with Crippen LogP contribution in [0, 0.1) is 6.92 Å². The van der Waals surface area contributed by atoms with E-state index in [1.54, 1.807) is 13.0 Å². The molecule has 0 bridgehead atoms. The quantitative estimate of drug-likeness (QED) is 0.443. The lowest BCUT2D eigenvalue weighted by Crippen LogP contribution is -2.20. The summed E-state index contributed by atoms with van der Waals surface area (Å²) in [7, 11) is 0. The van der Waals surface area contributed by atoms with Gasteiger partial charge in [-0.2, -0.15) is 0 Å². The molecule has 0 aromatic carbocycles. The topological polar surface area (TPSA) is 100 Å². The zero-order chi connectivity index (χ0) is 16.3. The molecule has 7 heteroatoms. The summed E-state index contributed by atoms with van der Waals surface area (Å²) >= 11 is 0. The van der Waals surface area contributed by atoms with Gasteiger partial charge in [-0.05, 0) is 6.92 Å². The minimum Gasteiger partial charge on any atom is -0.508 e. The van der Waals surface area contributed by atoms with Crippen molar-refractivity contribution in [2.75, 3.05) is 11.9 Å². The van der Waals surface area contributed by atoms with Gasteiger partial charge in [0.05, 0.1) is 16.8 Å². The minimum atomic E-state index is -0.620. The Bertz CT molecular complexity index is 837. The Morgan fingerprint density at radius 3 is 2.86 bits per heavy atom. The van der Waals surface area contributed by atoms with Gasteiger partial charge < -0.3 is 15.6 Å². The van der Waals surface area contributed by atoms with E-state index in [1.807, 2.05) is 0 Å². The lowest BCUT2D eigenvalue weighted by atomic mass is 10.2. The molecule has 0 aliphatic carbocycles. The van der Waals surface area contributed by atoms with Crippen molar-refractivity contribution in [3.8, 4) is 0 Å². The molecule has 2 aromatic rings. The Morgan fingerprint density at radius 2 is 2.23 bits per heavy atom. The summed E-state index contributed by atoms with van der Waals surface area (Å²) in [6, 6.07) is 1.24. The lowest BCUT2D eigenvalue weighted by Gasteiger charge is -2.13. The van der Waals surface area contributed by atoms with Crippen molar-refractivity contribution in [2.24, 2.45) is 0 Å². The van der Waals surface area contributed by atoms with Gasteiger partial charge in [0.15, 0.2) is 5.65 Å². The fourth-order valence-electron chi connectivity index (χ4n) is 2.03. The number of rotatable bonds is 5. The van der Waals surface area contributed by atoms with Crippen LogP contribution in [0.1, 0.15) is 5.69 Å². The first kappa shape index (κ1) is 15.3. The van der Waals surface area contributed by atoms with Crippen LogP contribution in [0.2, 0.25) is 0 Å². The predicted octanol–water partition coefficient (Wildman–Crippen LogP) is 1.93. The third-order valence-corrected chi connectivity index (χ3v) is 3.12. The van der Waals surface area contributed by atoms with Crippen molar-refractivity contribution in [1.29, 1.82) is 0 Å². The van der Waals surface area contributed by atoms with Crippen LogP contribution >= 0.6 is 0 Å². The number of nitrogens with zero attached hydrogens (tertiary/aromatic N) is 3. The smallest absolute Gasteiger partial charge is 0.286 e. The maximum atomic E-state index is 11.8. The zero-order valence-corrected chi connectivity index (χ0v) is 12.1. The van der Waals surface area contributed by atoms with Gasteiger partial charge in [0.1, 0.15) is 12.1 Å². The molecule has 0 radical (unpaired) electrons. The number of hydrogen-bond donors (Lipinski definition) is 3. The predicted molar refractivity (Wildman–Crippen MR) is 84.3 cm³/mol. The highest BCUT2D eigenvalue weighted by Crippen LogP contribution is 2.22. The second-order valence-electron chi connectivity index (χ2n) is 4.59. The van der Waals surface area contributed by atoms with Crippen molar-refractivity contribution in [3.05, 3.63) is 65.1 Å². The second-order valence-corrected chi connectivity index (χ2v) is 4.59. The highest BCUT2D eigenvalue weighted by Gasteiger charge is 2.12. The molecule has 0 aliphatic heterocycles. The molecule has 2 heterocycles. The first-order valence-corrected chi connectivity index (χ1v) is 6.46. The number of aliphatic hydroxyl groups is 1. The fraction of sp³-hybridized carbons (Fsp3) is 0.133. The summed E-state index contributed by atoms with van der Waals surface area (Å²) in [5.74, 6) is -0.0971. The van der Waals surface area contributed by atoms with Gasteiger partial charge in [-0.1, -0.05) is 25.3 Å². The molecule has 0 spiro atoms. The van der Waals surface area contributed by atoms with E-state index in [4.69, 9.17) is 0 Å². The third-order valence-electron chi connectivity index (χ3n) is 3.12. The maximum Gasteiger partial charge on any atom is 0.286 e. The first-order valence-electron chi connectivity index (χ1n) is 6.46. The third kappa shape index (κ3) is 2.83. The van der Waals surface area contributed by atoms with E-state index >= 15 is 0 Å². The molecule has 0 atom stereocenters. The molecule has 22 heavy (non-hydrogen) atoms. The molecule has 2 aromatic heterocycles. The first-order chi connectivity index (χ1) is 10.5. The van der Waals surface area contributed by atoms with Crippen LogP contribution < -0.4 is 10.9 Å². The van der Waals surface area contributed by atoms with Crippen molar-refractivity contribution < 1.29 is 10.3 Å². The van der Waals surface area contributed by atoms with Gasteiger partial charge in [-0.3, -0.25) is 4.79 Å². The van der Waals surface area contributed by atoms with Crippen LogP contribution in [0.4, 0.5) is 5.69 Å². The lowest BCUT2D eigenvalue weighted by molar-refractivity contribution is 0.186. The van der Waals surface area contributed by atoms with Gasteiger partial charge in [0.25, 0.3) is 5.56 Å². The molecule has 2 rings (SSSR count). The average molecular weight is 300 g/mol. The monoisotopic (exact) mass is 300 g/mol. The Hall–Kier alpha value is -3.09. The van der Waals surface area contributed by atoms with Crippen LogP contribution in [-0.4, -0.2) is 31.6 Å². The Labute approximate surface area is 126 Å². The standard InChI is InChI=1S/C15H16N4O3/c1-4-5-11(10(3)20)7-16-12-6-13(21)19(22)15-14(12)9(2)17-8-18-15/h4-6,8,16,20,22H,1,3,7H2,2H3/b11-5-. The van der Waals surface area contributed by atoms with Crippen LogP contribution in [0.25, 0.3) is 11.0 Å². The number of aliphatic hydroxyl groups excluding tert-OH is 1. The highest BCUT2D eigenvalue weighted by molar-refractivity contribution is 5.90. The van der Waals surface area contributed by atoms with E-state index < -0.39 is 5.56 Å². The van der Waals surface area contributed by atoms with E-state index in [9.17, 15) is 15.1 Å². The van der Waals surface area contributed by atoms with Gasteiger partial charge >= 0.3 is 0 Å². The maximum absolute atomic E-state index is 11.8. The second kappa shape index (κ2) is 6.13. The van der Waals surface area contributed by atoms with Crippen LogP contribution in [-0.2, 0) is 0 Å². The van der Waals surface area contributed by atoms with Crippen LogP contribution in [0.5, 0.6) is 0 Å². The average Bonchev–Trinajstić information content (AvgIpc) is 2.47. The van der Waals surface area contributed by atoms with Crippen LogP contribution in [0.15, 0.2) is 53.8 Å². The Morgan fingerprint density at radius 1 is 1.50 bits per heavy atom. The molecule has 7 nitrogen and oxygen atoms in total. The summed E-state index contributed by atoms with van der Waals surface area (Å²) in [5.41, 5.74) is 1.07. The molecular weight excluding hydrogens is 284 g/mol. The summed E-state index contributed by atoms with van der Waals surface area (Å²) in [6.07, 6.45) is 4.40. The van der Waals surface area contributed by atoms with Gasteiger partial charge in [-0.15, -0.1) is 4.73 Å². The molecule has 0 saturated carbocycles. The highest BCUT2D eigenvalue weighted by atomic mass is 16.5. The molecule has 0 amide bonds. The number of hydrogen-bond acceptors (Lipinski definition) is 6. The fourth-order valence-corrected chi connectivity index (χ4v) is 2.03. The van der Waals surface area contributed by atoms with Crippen molar-refractivity contribution in [2.45, 2.75) is 6.92 Å². The number of pyridine rings is 1. The van der Waals surface area contributed by atoms with E-state index in [-0.39, 0.29) is 18.0 Å².